The van der Waals surface area contributed by atoms with E-state index in [4.69, 9.17) is 0 Å². The number of fused-ring (bicyclic) bond motifs is 1. The minimum atomic E-state index is 0.544. The molecule has 2 rings (SSSR count). The monoisotopic (exact) mass is 268 g/mol. The molecular weight excluding hydrogens is 252 g/mol. The van der Waals surface area contributed by atoms with Gasteiger partial charge in [-0.1, -0.05) is 15.9 Å². The summed E-state index contributed by atoms with van der Waals surface area (Å²) >= 11 is 3.50. The number of rotatable bonds is 1. The molecule has 0 fully saturated rings. The van der Waals surface area contributed by atoms with Gasteiger partial charge in [0.15, 0.2) is 0 Å². The third kappa shape index (κ3) is 1.98. The van der Waals surface area contributed by atoms with Gasteiger partial charge in [-0.2, -0.15) is 0 Å². The van der Waals surface area contributed by atoms with Crippen molar-refractivity contribution in [2.75, 3.05) is 16.8 Å². The largest absolute Gasteiger partial charge is 0.381 e. The Kier molecular flexibility index (Phi) is 2.91. The maximum absolute atomic E-state index is 3.50. The predicted molar refractivity (Wildman–Crippen MR) is 69.7 cm³/mol. The van der Waals surface area contributed by atoms with Gasteiger partial charge in [0.05, 0.1) is 11.4 Å². The van der Waals surface area contributed by atoms with Crippen LogP contribution in [0.1, 0.15) is 20.8 Å². The highest BCUT2D eigenvalue weighted by atomic mass is 79.9. The molecule has 0 radical (unpaired) electrons. The van der Waals surface area contributed by atoms with E-state index in [1.807, 2.05) is 0 Å². The highest BCUT2D eigenvalue weighted by Gasteiger charge is 2.24. The Bertz CT molecular complexity index is 363. The third-order valence-corrected chi connectivity index (χ3v) is 3.35. The molecule has 15 heavy (non-hydrogen) atoms. The minimum Gasteiger partial charge on any atom is -0.381 e. The van der Waals surface area contributed by atoms with Gasteiger partial charge < -0.3 is 10.2 Å². The average molecular weight is 269 g/mol. The van der Waals surface area contributed by atoms with E-state index >= 15 is 0 Å². The first-order valence-corrected chi connectivity index (χ1v) is 6.20. The number of benzene rings is 1. The van der Waals surface area contributed by atoms with Crippen LogP contribution in [0.2, 0.25) is 0 Å². The highest BCUT2D eigenvalue weighted by Crippen LogP contribution is 2.34. The number of halogens is 1. The van der Waals surface area contributed by atoms with Gasteiger partial charge >= 0.3 is 0 Å². The fourth-order valence-corrected chi connectivity index (χ4v) is 2.62. The standard InChI is InChI=1S/C12H17BrN2/c1-8(2)15-9(3)7-14-11-6-10(13)4-5-12(11)15/h4-6,8-9,14H,7H2,1-3H3. The summed E-state index contributed by atoms with van der Waals surface area (Å²) in [5, 5.41) is 3.47. The van der Waals surface area contributed by atoms with E-state index in [0.717, 1.165) is 11.0 Å². The summed E-state index contributed by atoms with van der Waals surface area (Å²) in [6, 6.07) is 7.53. The fraction of sp³-hybridized carbons (Fsp3) is 0.500. The van der Waals surface area contributed by atoms with E-state index in [9.17, 15) is 0 Å². The maximum Gasteiger partial charge on any atom is 0.0608 e. The molecule has 1 atom stereocenters. The summed E-state index contributed by atoms with van der Waals surface area (Å²) in [5.41, 5.74) is 2.54. The Morgan fingerprint density at radius 3 is 2.87 bits per heavy atom. The van der Waals surface area contributed by atoms with Crippen LogP contribution in [0.25, 0.3) is 0 Å². The summed E-state index contributed by atoms with van der Waals surface area (Å²) in [5.74, 6) is 0. The molecule has 1 unspecified atom stereocenters. The van der Waals surface area contributed by atoms with Gasteiger partial charge in [0, 0.05) is 23.1 Å². The SMILES string of the molecule is CC(C)N1c2ccc(Br)cc2NCC1C. The van der Waals surface area contributed by atoms with Gasteiger partial charge in [-0.15, -0.1) is 0 Å². The molecule has 1 aliphatic rings. The maximum atomic E-state index is 3.50. The van der Waals surface area contributed by atoms with Gasteiger partial charge in [-0.05, 0) is 39.0 Å². The topological polar surface area (TPSA) is 15.3 Å². The molecule has 0 bridgehead atoms. The quantitative estimate of drug-likeness (QED) is 0.839. The van der Waals surface area contributed by atoms with Crippen molar-refractivity contribution in [1.82, 2.24) is 0 Å². The number of nitrogens with zero attached hydrogens (tertiary/aromatic N) is 1. The molecule has 0 saturated carbocycles. The molecule has 0 aliphatic carbocycles. The number of anilines is 2. The van der Waals surface area contributed by atoms with E-state index in [2.05, 4.69) is 65.1 Å². The van der Waals surface area contributed by atoms with Gasteiger partial charge in [0.2, 0.25) is 0 Å². The zero-order chi connectivity index (χ0) is 11.0. The lowest BCUT2D eigenvalue weighted by Crippen LogP contribution is -2.46. The van der Waals surface area contributed by atoms with Crippen LogP contribution in [0, 0.1) is 0 Å². The second kappa shape index (κ2) is 4.05. The van der Waals surface area contributed by atoms with E-state index < -0.39 is 0 Å². The van der Waals surface area contributed by atoms with Crippen molar-refractivity contribution in [2.24, 2.45) is 0 Å². The summed E-state index contributed by atoms with van der Waals surface area (Å²) in [7, 11) is 0. The Morgan fingerprint density at radius 2 is 2.20 bits per heavy atom. The Morgan fingerprint density at radius 1 is 1.47 bits per heavy atom. The Hall–Kier alpha value is -0.700. The molecule has 0 amide bonds. The second-order valence-corrected chi connectivity index (χ2v) is 5.31. The molecule has 1 aromatic rings. The molecule has 3 heteroatoms. The van der Waals surface area contributed by atoms with Crippen molar-refractivity contribution in [3.63, 3.8) is 0 Å². The number of hydrogen-bond acceptors (Lipinski definition) is 2. The van der Waals surface area contributed by atoms with Crippen molar-refractivity contribution < 1.29 is 0 Å². The van der Waals surface area contributed by atoms with Gasteiger partial charge in [-0.3, -0.25) is 0 Å². The van der Waals surface area contributed by atoms with Crippen molar-refractivity contribution in [3.8, 4) is 0 Å². The van der Waals surface area contributed by atoms with Crippen molar-refractivity contribution >= 4 is 27.3 Å². The summed E-state index contributed by atoms with van der Waals surface area (Å²) < 4.78 is 1.13. The number of hydrogen-bond donors (Lipinski definition) is 1. The van der Waals surface area contributed by atoms with Gasteiger partial charge in [0.1, 0.15) is 0 Å². The first kappa shape index (κ1) is 10.8. The molecule has 82 valence electrons. The first-order chi connectivity index (χ1) is 7.09. The van der Waals surface area contributed by atoms with Crippen LogP contribution >= 0.6 is 15.9 Å². The van der Waals surface area contributed by atoms with Crippen LogP contribution in [0.15, 0.2) is 22.7 Å². The van der Waals surface area contributed by atoms with Crippen molar-refractivity contribution in [2.45, 2.75) is 32.9 Å². The molecule has 0 saturated heterocycles. The fourth-order valence-electron chi connectivity index (χ4n) is 2.26. The molecule has 0 spiro atoms. The Balaban J connectivity index is 2.43. The second-order valence-electron chi connectivity index (χ2n) is 4.39. The summed E-state index contributed by atoms with van der Waals surface area (Å²) in [6.45, 7) is 7.76. The molecule has 1 N–H and O–H groups in total. The van der Waals surface area contributed by atoms with Crippen LogP contribution in [0.4, 0.5) is 11.4 Å². The zero-order valence-corrected chi connectivity index (χ0v) is 11.0. The highest BCUT2D eigenvalue weighted by molar-refractivity contribution is 9.10. The normalized spacial score (nSPS) is 20.1. The van der Waals surface area contributed by atoms with Crippen LogP contribution in [-0.2, 0) is 0 Å². The van der Waals surface area contributed by atoms with Crippen molar-refractivity contribution in [1.29, 1.82) is 0 Å². The predicted octanol–water partition coefficient (Wildman–Crippen LogP) is 3.48. The van der Waals surface area contributed by atoms with Gasteiger partial charge in [0.25, 0.3) is 0 Å². The van der Waals surface area contributed by atoms with E-state index in [1.165, 1.54) is 11.4 Å². The van der Waals surface area contributed by atoms with Crippen LogP contribution in [-0.4, -0.2) is 18.6 Å². The lowest BCUT2D eigenvalue weighted by molar-refractivity contribution is 0.580. The molecule has 0 aromatic heterocycles. The summed E-state index contributed by atoms with van der Waals surface area (Å²) in [4.78, 5) is 2.47. The van der Waals surface area contributed by atoms with Crippen LogP contribution in [0.5, 0.6) is 0 Å². The van der Waals surface area contributed by atoms with Crippen molar-refractivity contribution in [3.05, 3.63) is 22.7 Å². The lowest BCUT2D eigenvalue weighted by Gasteiger charge is -2.40. The van der Waals surface area contributed by atoms with E-state index in [1.54, 1.807) is 0 Å². The lowest BCUT2D eigenvalue weighted by atomic mass is 10.1. The molecule has 1 aliphatic heterocycles. The molecular formula is C12H17BrN2. The molecule has 2 nitrogen and oxygen atoms in total. The smallest absolute Gasteiger partial charge is 0.0608 e. The molecule has 1 heterocycles. The van der Waals surface area contributed by atoms with Crippen LogP contribution < -0.4 is 10.2 Å². The number of nitrogens with one attached hydrogen (secondary N) is 1. The summed E-state index contributed by atoms with van der Waals surface area (Å²) in [6.07, 6.45) is 0. The van der Waals surface area contributed by atoms with Gasteiger partial charge in [-0.25, -0.2) is 0 Å². The van der Waals surface area contributed by atoms with E-state index in [0.29, 0.717) is 12.1 Å². The molecule has 1 aromatic carbocycles. The average Bonchev–Trinajstić information content (AvgIpc) is 2.17. The minimum absolute atomic E-state index is 0.544. The van der Waals surface area contributed by atoms with E-state index in [-0.39, 0.29) is 0 Å². The third-order valence-electron chi connectivity index (χ3n) is 2.86. The Labute approximate surface area is 99.8 Å². The first-order valence-electron chi connectivity index (χ1n) is 5.41. The van der Waals surface area contributed by atoms with Crippen LogP contribution in [0.3, 0.4) is 0 Å². The zero-order valence-electron chi connectivity index (χ0n) is 9.42.